The molecule has 2 rings (SSSR count). The quantitative estimate of drug-likeness (QED) is 0.856. The van der Waals surface area contributed by atoms with Crippen LogP contribution < -0.4 is 5.32 Å². The first-order chi connectivity index (χ1) is 10.7. The number of carbonyl (C=O) groups is 2. The lowest BCUT2D eigenvalue weighted by molar-refractivity contribution is 0.0702. The molecule has 22 heavy (non-hydrogen) atoms. The molecule has 1 heterocycles. The van der Waals surface area contributed by atoms with Gasteiger partial charge in [-0.25, -0.2) is 9.59 Å². The van der Waals surface area contributed by atoms with Crippen LogP contribution in [0.1, 0.15) is 20.8 Å². The molecule has 0 atom stereocenters. The van der Waals surface area contributed by atoms with E-state index in [2.05, 4.69) is 5.32 Å². The molecule has 6 heteroatoms. The molecule has 0 aliphatic carbocycles. The van der Waals surface area contributed by atoms with E-state index in [4.69, 9.17) is 9.84 Å². The molecular formula is C16H15NO4S. The van der Waals surface area contributed by atoms with Crippen LogP contribution in [0, 0.1) is 0 Å². The lowest BCUT2D eigenvalue weighted by Crippen LogP contribution is -2.24. The monoisotopic (exact) mass is 317 g/mol. The van der Waals surface area contributed by atoms with Crippen molar-refractivity contribution in [1.29, 1.82) is 0 Å². The highest BCUT2D eigenvalue weighted by molar-refractivity contribution is 7.12. The summed E-state index contributed by atoms with van der Waals surface area (Å²) in [5.74, 6) is -0.954. The van der Waals surface area contributed by atoms with Gasteiger partial charge >= 0.3 is 12.1 Å². The normalized spacial score (nSPS) is 10.5. The van der Waals surface area contributed by atoms with Crippen LogP contribution in [0.4, 0.5) is 4.79 Å². The largest absolute Gasteiger partial charge is 0.477 e. The molecule has 0 saturated heterocycles. The highest BCUT2D eigenvalue weighted by atomic mass is 32.1. The zero-order valence-electron chi connectivity index (χ0n) is 11.7. The number of nitrogens with one attached hydrogen (secondary N) is 1. The van der Waals surface area contributed by atoms with Crippen molar-refractivity contribution >= 4 is 29.5 Å². The molecule has 114 valence electrons. The van der Waals surface area contributed by atoms with Crippen molar-refractivity contribution in [3.05, 3.63) is 63.9 Å². The van der Waals surface area contributed by atoms with Crippen LogP contribution in [0.15, 0.2) is 47.9 Å². The Hall–Kier alpha value is -2.60. The van der Waals surface area contributed by atoms with Crippen molar-refractivity contribution < 1.29 is 19.4 Å². The van der Waals surface area contributed by atoms with Crippen LogP contribution in [0.5, 0.6) is 0 Å². The van der Waals surface area contributed by atoms with E-state index in [-0.39, 0.29) is 18.0 Å². The maximum absolute atomic E-state index is 11.5. The van der Waals surface area contributed by atoms with Crippen LogP contribution in [-0.2, 0) is 11.3 Å². The molecule has 0 saturated carbocycles. The molecule has 2 N–H and O–H groups in total. The Bertz CT molecular complexity index is 664. The number of hydrogen-bond donors (Lipinski definition) is 2. The third kappa shape index (κ3) is 4.75. The fourth-order valence-corrected chi connectivity index (χ4v) is 2.45. The predicted octanol–water partition coefficient (Wildman–Crippen LogP) is 3.39. The molecule has 0 unspecified atom stereocenters. The number of alkyl carbamates (subject to hydrolysis) is 1. The van der Waals surface area contributed by atoms with Crippen LogP contribution >= 0.6 is 11.3 Å². The zero-order valence-corrected chi connectivity index (χ0v) is 12.5. The summed E-state index contributed by atoms with van der Waals surface area (Å²) in [5, 5.41) is 13.2. The summed E-state index contributed by atoms with van der Waals surface area (Å²) in [6, 6.07) is 11.1. The van der Waals surface area contributed by atoms with E-state index in [1.807, 2.05) is 30.3 Å². The van der Waals surface area contributed by atoms with E-state index in [0.29, 0.717) is 5.56 Å². The number of thiophene rings is 1. The molecule has 0 spiro atoms. The number of ether oxygens (including phenoxy) is 1. The van der Waals surface area contributed by atoms with Gasteiger partial charge in [0, 0.05) is 6.54 Å². The predicted molar refractivity (Wildman–Crippen MR) is 84.9 cm³/mol. The second kappa shape index (κ2) is 7.99. The van der Waals surface area contributed by atoms with Crippen molar-refractivity contribution in [2.45, 2.75) is 6.61 Å². The molecule has 5 nitrogen and oxygen atoms in total. The fourth-order valence-electron chi connectivity index (χ4n) is 1.73. The summed E-state index contributed by atoms with van der Waals surface area (Å²) < 4.78 is 5.05. The molecule has 0 fully saturated rings. The highest BCUT2D eigenvalue weighted by Gasteiger charge is 2.08. The van der Waals surface area contributed by atoms with E-state index in [0.717, 1.165) is 16.9 Å². The number of carbonyl (C=O) groups excluding carboxylic acids is 1. The SMILES string of the molecule is O=C(NCC=Cc1ccsc1C(=O)O)OCc1ccccc1. The van der Waals surface area contributed by atoms with Crippen LogP contribution in [-0.4, -0.2) is 23.7 Å². The third-order valence-corrected chi connectivity index (χ3v) is 3.68. The zero-order chi connectivity index (χ0) is 15.8. The molecule has 0 aliphatic rings. The first kappa shape index (κ1) is 15.8. The van der Waals surface area contributed by atoms with Gasteiger partial charge in [-0.2, -0.15) is 0 Å². The van der Waals surface area contributed by atoms with Crippen molar-refractivity contribution in [3.8, 4) is 0 Å². The number of hydrogen-bond acceptors (Lipinski definition) is 4. The average molecular weight is 317 g/mol. The Kier molecular flexibility index (Phi) is 5.73. The summed E-state index contributed by atoms with van der Waals surface area (Å²) in [5.41, 5.74) is 1.54. The Balaban J connectivity index is 1.74. The summed E-state index contributed by atoms with van der Waals surface area (Å²) in [6.45, 7) is 0.479. The van der Waals surface area contributed by atoms with Crippen molar-refractivity contribution in [3.63, 3.8) is 0 Å². The molecule has 0 aliphatic heterocycles. The van der Waals surface area contributed by atoms with Gasteiger partial charge in [0.2, 0.25) is 0 Å². The topological polar surface area (TPSA) is 75.6 Å². The Morgan fingerprint density at radius 3 is 2.73 bits per heavy atom. The van der Waals surface area contributed by atoms with Crippen LogP contribution in [0.25, 0.3) is 6.08 Å². The molecule has 2 aromatic rings. The number of rotatable bonds is 6. The average Bonchev–Trinajstić information content (AvgIpc) is 2.99. The number of amides is 1. The van der Waals surface area contributed by atoms with Crippen LogP contribution in [0.3, 0.4) is 0 Å². The smallest absolute Gasteiger partial charge is 0.407 e. The molecule has 0 bridgehead atoms. The molecule has 0 radical (unpaired) electrons. The van der Waals surface area contributed by atoms with Gasteiger partial charge in [0.15, 0.2) is 0 Å². The summed E-state index contributed by atoms with van der Waals surface area (Å²) in [6.07, 6.45) is 2.83. The van der Waals surface area contributed by atoms with Gasteiger partial charge in [0.25, 0.3) is 0 Å². The van der Waals surface area contributed by atoms with Gasteiger partial charge in [0.05, 0.1) is 0 Å². The van der Waals surface area contributed by atoms with Crippen molar-refractivity contribution in [2.24, 2.45) is 0 Å². The minimum Gasteiger partial charge on any atom is -0.477 e. The fraction of sp³-hybridized carbons (Fsp3) is 0.125. The molecule has 1 amide bonds. The third-order valence-electron chi connectivity index (χ3n) is 2.76. The second-order valence-corrected chi connectivity index (χ2v) is 5.27. The van der Waals surface area contributed by atoms with Gasteiger partial charge in [-0.15, -0.1) is 11.3 Å². The number of aromatic carboxylic acids is 1. The van der Waals surface area contributed by atoms with Crippen molar-refractivity contribution in [2.75, 3.05) is 6.54 Å². The van der Waals surface area contributed by atoms with E-state index in [9.17, 15) is 9.59 Å². The molecular weight excluding hydrogens is 302 g/mol. The van der Waals surface area contributed by atoms with Gasteiger partial charge in [-0.3, -0.25) is 0 Å². The minimum absolute atomic E-state index is 0.212. The lowest BCUT2D eigenvalue weighted by Gasteiger charge is -2.05. The van der Waals surface area contributed by atoms with E-state index < -0.39 is 12.1 Å². The molecule has 1 aromatic carbocycles. The minimum atomic E-state index is -0.954. The Morgan fingerprint density at radius 2 is 2.00 bits per heavy atom. The summed E-state index contributed by atoms with van der Waals surface area (Å²) in [7, 11) is 0. The Labute approximate surface area is 131 Å². The van der Waals surface area contributed by atoms with E-state index in [1.54, 1.807) is 23.6 Å². The standard InChI is InChI=1S/C16H15NO4S/c18-15(19)14-13(8-10-22-14)7-4-9-17-16(20)21-11-12-5-2-1-3-6-12/h1-8,10H,9,11H2,(H,17,20)(H,18,19). The Morgan fingerprint density at radius 1 is 1.23 bits per heavy atom. The van der Waals surface area contributed by atoms with Crippen LogP contribution in [0.2, 0.25) is 0 Å². The molecule has 1 aromatic heterocycles. The second-order valence-electron chi connectivity index (χ2n) is 4.36. The first-order valence-corrected chi connectivity index (χ1v) is 7.46. The summed E-state index contributed by atoms with van der Waals surface area (Å²) in [4.78, 5) is 22.7. The number of carboxylic acids is 1. The number of carboxylic acid groups (broad SMARTS) is 1. The van der Waals surface area contributed by atoms with Gasteiger partial charge < -0.3 is 15.2 Å². The van der Waals surface area contributed by atoms with Gasteiger partial charge in [-0.1, -0.05) is 42.5 Å². The van der Waals surface area contributed by atoms with Crippen molar-refractivity contribution in [1.82, 2.24) is 5.32 Å². The van der Waals surface area contributed by atoms with E-state index in [1.165, 1.54) is 0 Å². The first-order valence-electron chi connectivity index (χ1n) is 6.58. The van der Waals surface area contributed by atoms with Gasteiger partial charge in [0.1, 0.15) is 11.5 Å². The van der Waals surface area contributed by atoms with Gasteiger partial charge in [-0.05, 0) is 22.6 Å². The summed E-state index contributed by atoms with van der Waals surface area (Å²) >= 11 is 1.16. The lowest BCUT2D eigenvalue weighted by atomic mass is 10.2. The maximum Gasteiger partial charge on any atom is 0.407 e. The maximum atomic E-state index is 11.5. The van der Waals surface area contributed by atoms with E-state index >= 15 is 0 Å². The number of benzene rings is 1. The highest BCUT2D eigenvalue weighted by Crippen LogP contribution is 2.17.